The van der Waals surface area contributed by atoms with Gasteiger partial charge in [-0.3, -0.25) is 9.36 Å². The van der Waals surface area contributed by atoms with E-state index in [1.54, 1.807) is 6.08 Å². The van der Waals surface area contributed by atoms with Crippen molar-refractivity contribution in [2.75, 3.05) is 40.9 Å². The van der Waals surface area contributed by atoms with Crippen LogP contribution in [0.4, 0.5) is 0 Å². The second-order valence-electron chi connectivity index (χ2n) is 23.1. The lowest BCUT2D eigenvalue weighted by Crippen LogP contribution is -2.45. The van der Waals surface area contributed by atoms with E-state index in [2.05, 4.69) is 31.3 Å². The molecule has 0 aromatic carbocycles. The number of quaternary nitrogens is 1. The van der Waals surface area contributed by atoms with Crippen LogP contribution in [0.1, 0.15) is 322 Å². The molecule has 8 nitrogen and oxygen atoms in total. The molecule has 0 bridgehead atoms. The Bertz CT molecular complexity index is 1220. The van der Waals surface area contributed by atoms with Crippen molar-refractivity contribution in [1.82, 2.24) is 5.32 Å². The number of phosphoric ester groups is 1. The van der Waals surface area contributed by atoms with Crippen molar-refractivity contribution >= 4 is 13.7 Å². The maximum atomic E-state index is 13.0. The van der Waals surface area contributed by atoms with Crippen LogP contribution in [-0.4, -0.2) is 68.5 Å². The van der Waals surface area contributed by atoms with Crippen LogP contribution in [0.3, 0.4) is 0 Å². The van der Waals surface area contributed by atoms with Crippen molar-refractivity contribution in [3.8, 4) is 0 Å². The monoisotopic (exact) mass is 1040 g/mol. The highest BCUT2D eigenvalue weighted by molar-refractivity contribution is 7.45. The van der Waals surface area contributed by atoms with Gasteiger partial charge in [-0.05, 0) is 44.9 Å². The third-order valence-corrected chi connectivity index (χ3v) is 15.6. The van der Waals surface area contributed by atoms with E-state index in [0.717, 1.165) is 38.5 Å². The highest BCUT2D eigenvalue weighted by Crippen LogP contribution is 2.38. The van der Waals surface area contributed by atoms with Crippen LogP contribution >= 0.6 is 7.82 Å². The quantitative estimate of drug-likeness (QED) is 0.0272. The molecule has 0 saturated heterocycles. The van der Waals surface area contributed by atoms with Gasteiger partial charge in [0.15, 0.2) is 0 Å². The summed E-state index contributed by atoms with van der Waals surface area (Å²) in [6.07, 6.45) is 69.9. The average molecular weight is 1040 g/mol. The van der Waals surface area contributed by atoms with Crippen LogP contribution < -0.4 is 10.2 Å². The molecule has 0 aliphatic heterocycles. The maximum absolute atomic E-state index is 13.0. The summed E-state index contributed by atoms with van der Waals surface area (Å²) in [7, 11) is 1.28. The summed E-state index contributed by atoms with van der Waals surface area (Å²) in [6, 6.07) is -0.884. The summed E-state index contributed by atoms with van der Waals surface area (Å²) in [4.78, 5) is 25.5. The Morgan fingerprint density at radius 1 is 0.472 bits per heavy atom. The van der Waals surface area contributed by atoms with Crippen molar-refractivity contribution in [2.24, 2.45) is 0 Å². The Balaban J connectivity index is 4.04. The molecular formula is C63H125N2O6P. The Hall–Kier alpha value is -1.02. The maximum Gasteiger partial charge on any atom is 0.268 e. The minimum Gasteiger partial charge on any atom is -0.756 e. The number of nitrogens with zero attached hydrogens (tertiary/aromatic N) is 1. The number of likely N-dealkylation sites (N-methyl/N-ethyl adjacent to an activating group) is 1. The zero-order valence-electron chi connectivity index (χ0n) is 48.9. The molecule has 72 heavy (non-hydrogen) atoms. The first-order valence-electron chi connectivity index (χ1n) is 31.7. The molecule has 0 saturated carbocycles. The van der Waals surface area contributed by atoms with Gasteiger partial charge in [-0.15, -0.1) is 0 Å². The summed E-state index contributed by atoms with van der Waals surface area (Å²) in [5.41, 5.74) is 0. The average Bonchev–Trinajstić information content (AvgIpc) is 3.34. The summed E-state index contributed by atoms with van der Waals surface area (Å²) >= 11 is 0. The molecule has 0 aliphatic carbocycles. The standard InChI is InChI=1S/C63H125N2O6P/c1-6-8-10-12-14-16-18-20-22-24-26-27-28-29-30-31-32-33-34-35-36-37-38-39-41-43-45-47-49-51-53-55-57-63(67)64-61(60-71-72(68,69)70-59-58-65(3,4)5)62(66)56-54-52-50-48-46-44-42-40-25-23-21-19-17-15-13-11-9-7-2/h29-30,54,56,61-62,66H,6-28,31-53,55,57-60H2,1-5H3,(H-,64,67,68,69)/b30-29-,56-54+. The first-order chi connectivity index (χ1) is 35.0. The van der Waals surface area contributed by atoms with Crippen LogP contribution in [0.2, 0.25) is 0 Å². The Morgan fingerprint density at radius 3 is 1.08 bits per heavy atom. The number of unbranched alkanes of at least 4 members (excludes halogenated alkanes) is 44. The SMILES string of the molecule is CCCCCCCCCCCCCC/C=C\CCCCCCCCCCCCCCCCCCC(=O)NC(COP(=O)([O-])OCC[N+](C)(C)C)C(O)/C=C/CCCCCCCCCCCCCCCCCC. The molecule has 3 unspecified atom stereocenters. The zero-order chi connectivity index (χ0) is 52.7. The van der Waals surface area contributed by atoms with Gasteiger partial charge in [0.1, 0.15) is 13.2 Å². The number of carbonyl (C=O) groups is 1. The number of aliphatic hydroxyl groups excluding tert-OH is 1. The van der Waals surface area contributed by atoms with Crippen molar-refractivity contribution in [3.63, 3.8) is 0 Å². The number of phosphoric acid groups is 1. The van der Waals surface area contributed by atoms with E-state index in [0.29, 0.717) is 17.4 Å². The largest absolute Gasteiger partial charge is 0.756 e. The van der Waals surface area contributed by atoms with Crippen LogP contribution in [0.5, 0.6) is 0 Å². The van der Waals surface area contributed by atoms with E-state index < -0.39 is 20.0 Å². The molecule has 0 fully saturated rings. The molecule has 3 atom stereocenters. The molecule has 0 aliphatic rings. The molecule has 1 amide bonds. The normalized spacial score (nSPS) is 13.9. The topological polar surface area (TPSA) is 108 Å². The fourth-order valence-electron chi connectivity index (χ4n) is 9.68. The Kier molecular flexibility index (Phi) is 54.0. The minimum atomic E-state index is -4.60. The van der Waals surface area contributed by atoms with Gasteiger partial charge < -0.3 is 28.8 Å². The van der Waals surface area contributed by atoms with E-state index in [1.807, 2.05) is 27.2 Å². The third-order valence-electron chi connectivity index (χ3n) is 14.7. The van der Waals surface area contributed by atoms with Gasteiger partial charge >= 0.3 is 0 Å². The number of hydrogen-bond acceptors (Lipinski definition) is 6. The van der Waals surface area contributed by atoms with Crippen molar-refractivity contribution in [1.29, 1.82) is 0 Å². The Morgan fingerprint density at radius 2 is 0.764 bits per heavy atom. The van der Waals surface area contributed by atoms with Crippen molar-refractivity contribution in [2.45, 2.75) is 334 Å². The van der Waals surface area contributed by atoms with Gasteiger partial charge in [0.2, 0.25) is 5.91 Å². The lowest BCUT2D eigenvalue weighted by atomic mass is 10.0. The van der Waals surface area contributed by atoms with Gasteiger partial charge in [-0.25, -0.2) is 0 Å². The Labute approximate surface area is 449 Å². The fraction of sp³-hybridized carbons (Fsp3) is 0.921. The second-order valence-corrected chi connectivity index (χ2v) is 24.5. The first-order valence-corrected chi connectivity index (χ1v) is 33.2. The van der Waals surface area contributed by atoms with Crippen molar-refractivity contribution in [3.05, 3.63) is 24.3 Å². The summed E-state index contributed by atoms with van der Waals surface area (Å²) in [5.74, 6) is -0.191. The summed E-state index contributed by atoms with van der Waals surface area (Å²) in [6.45, 7) is 4.70. The summed E-state index contributed by atoms with van der Waals surface area (Å²) < 4.78 is 23.4. The van der Waals surface area contributed by atoms with E-state index in [-0.39, 0.29) is 19.1 Å². The number of amides is 1. The lowest BCUT2D eigenvalue weighted by Gasteiger charge is -2.29. The minimum absolute atomic E-state index is 0.00144. The molecule has 0 aromatic rings. The van der Waals surface area contributed by atoms with E-state index in [9.17, 15) is 19.4 Å². The van der Waals surface area contributed by atoms with E-state index >= 15 is 0 Å². The van der Waals surface area contributed by atoms with Gasteiger partial charge in [-0.1, -0.05) is 295 Å². The number of nitrogens with one attached hydrogen (secondary N) is 1. The van der Waals surface area contributed by atoms with Crippen LogP contribution in [0, 0.1) is 0 Å². The smallest absolute Gasteiger partial charge is 0.268 e. The van der Waals surface area contributed by atoms with Gasteiger partial charge in [-0.2, -0.15) is 0 Å². The molecule has 0 spiro atoms. The molecule has 0 aromatic heterocycles. The zero-order valence-corrected chi connectivity index (χ0v) is 49.8. The number of rotatable bonds is 59. The molecule has 9 heteroatoms. The molecular weight excluding hydrogens is 912 g/mol. The van der Waals surface area contributed by atoms with E-state index in [1.165, 1.54) is 263 Å². The van der Waals surface area contributed by atoms with Gasteiger partial charge in [0.05, 0.1) is 39.9 Å². The van der Waals surface area contributed by atoms with Gasteiger partial charge in [0, 0.05) is 6.42 Å². The van der Waals surface area contributed by atoms with Gasteiger partial charge in [0.25, 0.3) is 7.82 Å². The third kappa shape index (κ3) is 56.7. The highest BCUT2D eigenvalue weighted by Gasteiger charge is 2.23. The highest BCUT2D eigenvalue weighted by atomic mass is 31.2. The predicted octanol–water partition coefficient (Wildman–Crippen LogP) is 18.9. The predicted molar refractivity (Wildman–Crippen MR) is 312 cm³/mol. The number of carbonyl (C=O) groups excluding carboxylic acids is 1. The van der Waals surface area contributed by atoms with E-state index in [4.69, 9.17) is 9.05 Å². The molecule has 0 radical (unpaired) electrons. The number of aliphatic hydroxyl groups is 1. The molecule has 2 N–H and O–H groups in total. The number of hydrogen-bond donors (Lipinski definition) is 2. The summed E-state index contributed by atoms with van der Waals surface area (Å²) in [5, 5.41) is 13.9. The van der Waals surface area contributed by atoms with Crippen LogP contribution in [0.15, 0.2) is 24.3 Å². The first kappa shape index (κ1) is 71.0. The second kappa shape index (κ2) is 54.8. The molecule has 0 rings (SSSR count). The molecule has 428 valence electrons. The van der Waals surface area contributed by atoms with Crippen LogP contribution in [0.25, 0.3) is 0 Å². The lowest BCUT2D eigenvalue weighted by molar-refractivity contribution is -0.870. The number of allylic oxidation sites excluding steroid dienone is 3. The molecule has 0 heterocycles. The fourth-order valence-corrected chi connectivity index (χ4v) is 10.4. The van der Waals surface area contributed by atoms with Crippen LogP contribution in [-0.2, 0) is 18.4 Å². The van der Waals surface area contributed by atoms with Crippen molar-refractivity contribution < 1.29 is 32.9 Å².